The summed E-state index contributed by atoms with van der Waals surface area (Å²) in [4.78, 5) is 44.2. The first-order valence-corrected chi connectivity index (χ1v) is 8.77. The Morgan fingerprint density at radius 2 is 1.60 bits per heavy atom. The third-order valence-electron chi connectivity index (χ3n) is 3.93. The van der Waals surface area contributed by atoms with Gasteiger partial charge in [-0.05, 0) is 12.1 Å². The van der Waals surface area contributed by atoms with E-state index in [4.69, 9.17) is 23.7 Å². The normalized spacial score (nSPS) is 25.7. The van der Waals surface area contributed by atoms with Gasteiger partial charge in [0.15, 0.2) is 12.2 Å². The highest BCUT2D eigenvalue weighted by Gasteiger charge is 2.52. The standard InChI is InChI=1S/C18H20FNO10/c1-9(21)26-8-14-16(27-10(2)22)17(28-11(3)23)15(19)18(30-14)29-13-6-4-12(5-7-13)20(24)25/h4-7,14-18H,8H2,1-3H3/t14-,15-,16+,17-,18-/m1/s1. The van der Waals surface area contributed by atoms with Crippen LogP contribution in [-0.2, 0) is 33.3 Å². The van der Waals surface area contributed by atoms with Gasteiger partial charge in [0.05, 0.1) is 4.92 Å². The molecule has 1 fully saturated rings. The summed E-state index contributed by atoms with van der Waals surface area (Å²) in [6.45, 7) is 2.81. The molecule has 5 atom stereocenters. The zero-order valence-corrected chi connectivity index (χ0v) is 16.3. The van der Waals surface area contributed by atoms with Gasteiger partial charge >= 0.3 is 17.9 Å². The van der Waals surface area contributed by atoms with Crippen molar-refractivity contribution in [3.63, 3.8) is 0 Å². The van der Waals surface area contributed by atoms with Gasteiger partial charge in [0, 0.05) is 32.9 Å². The molecule has 164 valence electrons. The van der Waals surface area contributed by atoms with Crippen molar-refractivity contribution in [2.24, 2.45) is 0 Å². The van der Waals surface area contributed by atoms with Crippen molar-refractivity contribution in [1.82, 2.24) is 0 Å². The Hall–Kier alpha value is -3.28. The molecule has 2 rings (SSSR count). The Morgan fingerprint density at radius 3 is 2.10 bits per heavy atom. The summed E-state index contributed by atoms with van der Waals surface area (Å²) >= 11 is 0. The zero-order valence-electron chi connectivity index (χ0n) is 16.3. The highest BCUT2D eigenvalue weighted by Crippen LogP contribution is 2.31. The van der Waals surface area contributed by atoms with Crippen LogP contribution in [0.4, 0.5) is 10.1 Å². The Bertz CT molecular complexity index is 799. The van der Waals surface area contributed by atoms with Gasteiger partial charge in [-0.3, -0.25) is 24.5 Å². The first-order valence-electron chi connectivity index (χ1n) is 8.77. The Morgan fingerprint density at radius 1 is 1.03 bits per heavy atom. The van der Waals surface area contributed by atoms with E-state index in [-0.39, 0.29) is 11.4 Å². The van der Waals surface area contributed by atoms with Gasteiger partial charge in [-0.15, -0.1) is 0 Å². The molecule has 1 saturated heterocycles. The van der Waals surface area contributed by atoms with Crippen LogP contribution in [0.2, 0.25) is 0 Å². The average molecular weight is 429 g/mol. The number of carbonyl (C=O) groups excluding carboxylic acids is 3. The van der Waals surface area contributed by atoms with Gasteiger partial charge in [0.2, 0.25) is 12.5 Å². The lowest BCUT2D eigenvalue weighted by molar-refractivity contribution is -0.384. The third kappa shape index (κ3) is 6.11. The molecule has 1 aromatic rings. The maximum absolute atomic E-state index is 15.1. The van der Waals surface area contributed by atoms with E-state index < -0.39 is 60.2 Å². The van der Waals surface area contributed by atoms with Crippen LogP contribution in [-0.4, -0.2) is 60.2 Å². The third-order valence-corrected chi connectivity index (χ3v) is 3.93. The van der Waals surface area contributed by atoms with Crippen molar-refractivity contribution >= 4 is 23.6 Å². The van der Waals surface area contributed by atoms with Crippen LogP contribution in [0.15, 0.2) is 24.3 Å². The number of alkyl halides is 1. The van der Waals surface area contributed by atoms with E-state index in [2.05, 4.69) is 0 Å². The molecule has 0 bridgehead atoms. The van der Waals surface area contributed by atoms with Crippen molar-refractivity contribution < 1.29 is 47.4 Å². The highest BCUT2D eigenvalue weighted by atomic mass is 19.1. The second-order valence-corrected chi connectivity index (χ2v) is 6.31. The van der Waals surface area contributed by atoms with Crippen LogP contribution >= 0.6 is 0 Å². The monoisotopic (exact) mass is 429 g/mol. The van der Waals surface area contributed by atoms with E-state index in [1.807, 2.05) is 0 Å². The maximum Gasteiger partial charge on any atom is 0.303 e. The minimum atomic E-state index is -2.10. The maximum atomic E-state index is 15.1. The number of nitro benzene ring substituents is 1. The van der Waals surface area contributed by atoms with Crippen molar-refractivity contribution in [3.05, 3.63) is 34.4 Å². The smallest absolute Gasteiger partial charge is 0.303 e. The number of hydrogen-bond donors (Lipinski definition) is 0. The summed E-state index contributed by atoms with van der Waals surface area (Å²) in [5.41, 5.74) is -0.204. The fourth-order valence-electron chi connectivity index (χ4n) is 2.74. The second kappa shape index (κ2) is 9.96. The molecule has 1 aliphatic rings. The molecule has 0 amide bonds. The lowest BCUT2D eigenvalue weighted by Crippen LogP contribution is -2.61. The zero-order chi connectivity index (χ0) is 22.4. The number of benzene rings is 1. The Kier molecular flexibility index (Phi) is 7.64. The molecule has 0 saturated carbocycles. The number of hydrogen-bond acceptors (Lipinski definition) is 10. The van der Waals surface area contributed by atoms with E-state index in [0.29, 0.717) is 0 Å². The molecule has 1 aliphatic heterocycles. The van der Waals surface area contributed by atoms with E-state index in [9.17, 15) is 24.5 Å². The number of halogens is 1. The Labute approximate surface area is 170 Å². The first-order chi connectivity index (χ1) is 14.1. The summed E-state index contributed by atoms with van der Waals surface area (Å²) < 4.78 is 40.9. The molecular formula is C18H20FNO10. The summed E-state index contributed by atoms with van der Waals surface area (Å²) in [5.74, 6) is -2.27. The van der Waals surface area contributed by atoms with Crippen LogP contribution in [0.5, 0.6) is 5.75 Å². The number of rotatable bonds is 7. The first kappa shape index (κ1) is 23.0. The predicted molar refractivity (Wildman–Crippen MR) is 95.0 cm³/mol. The molecule has 11 nitrogen and oxygen atoms in total. The van der Waals surface area contributed by atoms with E-state index >= 15 is 4.39 Å². The molecule has 12 heteroatoms. The van der Waals surface area contributed by atoms with Crippen LogP contribution in [0.1, 0.15) is 20.8 Å². The van der Waals surface area contributed by atoms with Crippen molar-refractivity contribution in [3.8, 4) is 5.75 Å². The molecule has 0 radical (unpaired) electrons. The molecule has 0 N–H and O–H groups in total. The van der Waals surface area contributed by atoms with E-state index in [1.54, 1.807) is 0 Å². The minimum Gasteiger partial charge on any atom is -0.463 e. The number of ether oxygens (including phenoxy) is 5. The molecule has 30 heavy (non-hydrogen) atoms. The number of carbonyl (C=O) groups is 3. The quantitative estimate of drug-likeness (QED) is 0.271. The minimum absolute atomic E-state index is 0.0343. The lowest BCUT2D eigenvalue weighted by atomic mass is 9.99. The van der Waals surface area contributed by atoms with E-state index in [0.717, 1.165) is 32.9 Å². The van der Waals surface area contributed by atoms with Crippen LogP contribution in [0.25, 0.3) is 0 Å². The highest BCUT2D eigenvalue weighted by molar-refractivity contribution is 5.67. The van der Waals surface area contributed by atoms with Gasteiger partial charge in [-0.2, -0.15) is 0 Å². The van der Waals surface area contributed by atoms with E-state index in [1.165, 1.54) is 12.1 Å². The second-order valence-electron chi connectivity index (χ2n) is 6.31. The van der Waals surface area contributed by atoms with Gasteiger partial charge < -0.3 is 23.7 Å². The summed E-state index contributed by atoms with van der Waals surface area (Å²) in [5, 5.41) is 10.7. The largest absolute Gasteiger partial charge is 0.463 e. The lowest BCUT2D eigenvalue weighted by Gasteiger charge is -2.41. The summed E-state index contributed by atoms with van der Waals surface area (Å²) in [7, 11) is 0. The van der Waals surface area contributed by atoms with Crippen molar-refractivity contribution in [1.29, 1.82) is 0 Å². The van der Waals surface area contributed by atoms with Gasteiger partial charge in [0.1, 0.15) is 18.5 Å². The van der Waals surface area contributed by atoms with Crippen LogP contribution in [0.3, 0.4) is 0 Å². The number of nitro groups is 1. The molecule has 0 unspecified atom stereocenters. The topological polar surface area (TPSA) is 141 Å². The van der Waals surface area contributed by atoms with Gasteiger partial charge in [-0.25, -0.2) is 4.39 Å². The summed E-state index contributed by atoms with van der Waals surface area (Å²) in [6.07, 6.45) is -7.97. The molecular weight excluding hydrogens is 409 g/mol. The number of nitrogens with zero attached hydrogens (tertiary/aromatic N) is 1. The van der Waals surface area contributed by atoms with Crippen molar-refractivity contribution in [2.45, 2.75) is 51.5 Å². The molecule has 1 heterocycles. The van der Waals surface area contributed by atoms with Gasteiger partial charge in [0.25, 0.3) is 5.69 Å². The number of non-ortho nitro benzene ring substituents is 1. The fourth-order valence-corrected chi connectivity index (χ4v) is 2.74. The predicted octanol–water partition coefficient (Wildman–Crippen LogP) is 1.46. The SMILES string of the molecule is CC(=O)OC[C@H]1O[C@@H](Oc2ccc([N+](=O)[O-])cc2)[C@H](F)[C@@H](OC(C)=O)[C@H]1OC(C)=O. The molecule has 1 aromatic carbocycles. The molecule has 0 aromatic heterocycles. The molecule has 0 aliphatic carbocycles. The van der Waals surface area contributed by atoms with Gasteiger partial charge in [-0.1, -0.05) is 0 Å². The fraction of sp³-hybridized carbons (Fsp3) is 0.500. The summed E-state index contributed by atoms with van der Waals surface area (Å²) in [6, 6.07) is 4.75. The number of esters is 3. The van der Waals surface area contributed by atoms with Crippen LogP contribution < -0.4 is 4.74 Å². The van der Waals surface area contributed by atoms with Crippen molar-refractivity contribution in [2.75, 3.05) is 6.61 Å². The average Bonchev–Trinajstić information content (AvgIpc) is 2.65. The van der Waals surface area contributed by atoms with Crippen LogP contribution in [0, 0.1) is 10.1 Å². The Balaban J connectivity index is 2.28. The molecule has 0 spiro atoms.